The molecule has 0 aliphatic rings. The third-order valence-electron chi connectivity index (χ3n) is 1.99. The molecule has 1 heterocycles. The second-order valence-corrected chi connectivity index (χ2v) is 2.91. The lowest BCUT2D eigenvalue weighted by atomic mass is 10.2. The molecule has 0 aliphatic carbocycles. The Morgan fingerprint density at radius 2 is 2.43 bits per heavy atom. The van der Waals surface area contributed by atoms with Crippen molar-refractivity contribution in [2.24, 2.45) is 0 Å². The Morgan fingerprint density at radius 1 is 1.71 bits per heavy atom. The van der Waals surface area contributed by atoms with Gasteiger partial charge in [0.25, 0.3) is 5.91 Å². The predicted molar refractivity (Wildman–Crippen MR) is 50.6 cm³/mol. The van der Waals surface area contributed by atoms with E-state index in [1.165, 1.54) is 11.2 Å². The van der Waals surface area contributed by atoms with Crippen LogP contribution in [0, 0.1) is 18.3 Å². The molecule has 4 heteroatoms. The third kappa shape index (κ3) is 1.94. The average molecular weight is 192 g/mol. The smallest absolute Gasteiger partial charge is 0.290 e. The van der Waals surface area contributed by atoms with Gasteiger partial charge in [-0.15, -0.1) is 0 Å². The molecule has 0 atom stereocenters. The van der Waals surface area contributed by atoms with Crippen molar-refractivity contribution in [3.63, 3.8) is 0 Å². The Balaban J connectivity index is 2.84. The van der Waals surface area contributed by atoms with Crippen molar-refractivity contribution >= 4 is 5.91 Å². The van der Waals surface area contributed by atoms with Gasteiger partial charge in [0.15, 0.2) is 5.76 Å². The lowest BCUT2D eigenvalue weighted by Gasteiger charge is -2.15. The van der Waals surface area contributed by atoms with Gasteiger partial charge in [-0.2, -0.15) is 5.26 Å². The van der Waals surface area contributed by atoms with Crippen LogP contribution < -0.4 is 0 Å². The molecule has 1 aromatic rings. The van der Waals surface area contributed by atoms with Crippen LogP contribution >= 0.6 is 0 Å². The van der Waals surface area contributed by atoms with Crippen LogP contribution in [0.25, 0.3) is 0 Å². The number of carbonyl (C=O) groups is 1. The molecule has 0 N–H and O–H groups in total. The maximum atomic E-state index is 11.7. The first kappa shape index (κ1) is 10.3. The van der Waals surface area contributed by atoms with Gasteiger partial charge in [0.1, 0.15) is 6.54 Å². The van der Waals surface area contributed by atoms with E-state index >= 15 is 0 Å². The molecule has 1 amide bonds. The van der Waals surface area contributed by atoms with Crippen molar-refractivity contribution in [3.8, 4) is 6.07 Å². The van der Waals surface area contributed by atoms with E-state index in [-0.39, 0.29) is 12.5 Å². The first-order chi connectivity index (χ1) is 6.70. The molecule has 1 rings (SSSR count). The molecular formula is C10H12N2O2. The minimum atomic E-state index is -0.225. The molecule has 0 fully saturated rings. The summed E-state index contributed by atoms with van der Waals surface area (Å²) >= 11 is 0. The van der Waals surface area contributed by atoms with Crippen LogP contribution in [0.1, 0.15) is 23.0 Å². The van der Waals surface area contributed by atoms with Crippen molar-refractivity contribution < 1.29 is 9.21 Å². The SMILES string of the molecule is CCN(CC#N)C(=O)c1occc1C. The van der Waals surface area contributed by atoms with Crippen molar-refractivity contribution in [1.29, 1.82) is 5.26 Å². The zero-order chi connectivity index (χ0) is 10.6. The zero-order valence-corrected chi connectivity index (χ0v) is 8.28. The summed E-state index contributed by atoms with van der Waals surface area (Å²) < 4.78 is 5.05. The number of nitriles is 1. The highest BCUT2D eigenvalue weighted by Gasteiger charge is 2.18. The molecule has 0 unspecified atom stereocenters. The van der Waals surface area contributed by atoms with E-state index in [9.17, 15) is 4.79 Å². The van der Waals surface area contributed by atoms with E-state index in [0.717, 1.165) is 5.56 Å². The number of furan rings is 1. The first-order valence-corrected chi connectivity index (χ1v) is 4.41. The number of amides is 1. The topological polar surface area (TPSA) is 57.2 Å². The summed E-state index contributed by atoms with van der Waals surface area (Å²) in [6.07, 6.45) is 1.47. The Labute approximate surface area is 82.7 Å². The van der Waals surface area contributed by atoms with Crippen molar-refractivity contribution in [3.05, 3.63) is 23.7 Å². The Morgan fingerprint density at radius 3 is 2.86 bits per heavy atom. The second kappa shape index (κ2) is 4.47. The third-order valence-corrected chi connectivity index (χ3v) is 1.99. The number of hydrogen-bond acceptors (Lipinski definition) is 3. The number of hydrogen-bond donors (Lipinski definition) is 0. The van der Waals surface area contributed by atoms with Crippen LogP contribution in [-0.2, 0) is 0 Å². The summed E-state index contributed by atoms with van der Waals surface area (Å²) in [4.78, 5) is 13.2. The van der Waals surface area contributed by atoms with Gasteiger partial charge in [-0.1, -0.05) is 0 Å². The summed E-state index contributed by atoms with van der Waals surface area (Å²) in [5.74, 6) is 0.0960. The minimum Gasteiger partial charge on any atom is -0.459 e. The van der Waals surface area contributed by atoms with Crippen LogP contribution in [0.3, 0.4) is 0 Å². The van der Waals surface area contributed by atoms with Gasteiger partial charge in [0.2, 0.25) is 0 Å². The highest BCUT2D eigenvalue weighted by Crippen LogP contribution is 2.11. The normalized spacial score (nSPS) is 9.50. The monoisotopic (exact) mass is 192 g/mol. The predicted octanol–water partition coefficient (Wildman–Crippen LogP) is 1.57. The van der Waals surface area contributed by atoms with Crippen LogP contribution in [0.4, 0.5) is 0 Å². The highest BCUT2D eigenvalue weighted by atomic mass is 16.3. The van der Waals surface area contributed by atoms with Gasteiger partial charge in [0, 0.05) is 12.1 Å². The summed E-state index contributed by atoms with van der Waals surface area (Å²) in [5, 5.41) is 8.51. The molecule has 0 bridgehead atoms. The first-order valence-electron chi connectivity index (χ1n) is 4.41. The molecule has 0 saturated heterocycles. The van der Waals surface area contributed by atoms with Crippen LogP contribution in [0.15, 0.2) is 16.7 Å². The summed E-state index contributed by atoms with van der Waals surface area (Å²) in [7, 11) is 0. The summed E-state index contributed by atoms with van der Waals surface area (Å²) in [5.41, 5.74) is 0.798. The number of rotatable bonds is 3. The standard InChI is InChI=1S/C10H12N2O2/c1-3-12(6-5-11)10(13)9-8(2)4-7-14-9/h4,7H,3,6H2,1-2H3. The van der Waals surface area contributed by atoms with Gasteiger partial charge < -0.3 is 9.32 Å². The molecule has 4 nitrogen and oxygen atoms in total. The van der Waals surface area contributed by atoms with E-state index in [0.29, 0.717) is 12.3 Å². The quantitative estimate of drug-likeness (QED) is 0.683. The Hall–Kier alpha value is -1.76. The fourth-order valence-corrected chi connectivity index (χ4v) is 1.15. The van der Waals surface area contributed by atoms with Crippen molar-refractivity contribution in [2.45, 2.75) is 13.8 Å². The van der Waals surface area contributed by atoms with Crippen LogP contribution in [0.5, 0.6) is 0 Å². The molecule has 74 valence electrons. The largest absolute Gasteiger partial charge is 0.459 e. The maximum Gasteiger partial charge on any atom is 0.290 e. The van der Waals surface area contributed by atoms with Crippen molar-refractivity contribution in [2.75, 3.05) is 13.1 Å². The van der Waals surface area contributed by atoms with Gasteiger partial charge in [-0.3, -0.25) is 4.79 Å². The average Bonchev–Trinajstić information content (AvgIpc) is 2.59. The molecule has 0 aromatic carbocycles. The lowest BCUT2D eigenvalue weighted by Crippen LogP contribution is -2.31. The van der Waals surface area contributed by atoms with E-state index in [4.69, 9.17) is 9.68 Å². The van der Waals surface area contributed by atoms with E-state index in [1.807, 2.05) is 13.0 Å². The molecule has 0 aliphatic heterocycles. The number of nitrogens with zero attached hydrogens (tertiary/aromatic N) is 2. The number of carbonyl (C=O) groups excluding carboxylic acids is 1. The second-order valence-electron chi connectivity index (χ2n) is 2.91. The fourth-order valence-electron chi connectivity index (χ4n) is 1.15. The van der Waals surface area contributed by atoms with E-state index in [2.05, 4.69) is 0 Å². The molecular weight excluding hydrogens is 180 g/mol. The Bertz CT molecular complexity index is 362. The molecule has 0 spiro atoms. The van der Waals surface area contributed by atoms with Gasteiger partial charge in [-0.25, -0.2) is 0 Å². The molecule has 0 radical (unpaired) electrons. The summed E-state index contributed by atoms with van der Waals surface area (Å²) in [6.45, 7) is 4.23. The van der Waals surface area contributed by atoms with E-state index < -0.39 is 0 Å². The maximum absolute atomic E-state index is 11.7. The van der Waals surface area contributed by atoms with Crippen LogP contribution in [0.2, 0.25) is 0 Å². The molecule has 14 heavy (non-hydrogen) atoms. The van der Waals surface area contributed by atoms with Gasteiger partial charge in [0.05, 0.1) is 12.3 Å². The lowest BCUT2D eigenvalue weighted by molar-refractivity contribution is 0.0751. The summed E-state index contributed by atoms with van der Waals surface area (Å²) in [6, 6.07) is 3.67. The van der Waals surface area contributed by atoms with Crippen LogP contribution in [-0.4, -0.2) is 23.9 Å². The molecule has 1 aromatic heterocycles. The molecule has 0 saturated carbocycles. The fraction of sp³-hybridized carbons (Fsp3) is 0.400. The van der Waals surface area contributed by atoms with Gasteiger partial charge in [-0.05, 0) is 19.9 Å². The minimum absolute atomic E-state index is 0.0927. The van der Waals surface area contributed by atoms with E-state index in [1.54, 1.807) is 13.0 Å². The van der Waals surface area contributed by atoms with Crippen molar-refractivity contribution in [1.82, 2.24) is 4.90 Å². The van der Waals surface area contributed by atoms with Gasteiger partial charge >= 0.3 is 0 Å². The number of aryl methyl sites for hydroxylation is 1. The highest BCUT2D eigenvalue weighted by molar-refractivity contribution is 5.92. The Kier molecular flexibility index (Phi) is 3.29. The zero-order valence-electron chi connectivity index (χ0n) is 8.28.